The molecule has 106 valence electrons. The van der Waals surface area contributed by atoms with Crippen LogP contribution in [0.15, 0.2) is 29.3 Å². The molecular formula is C15H19N3O2. The van der Waals surface area contributed by atoms with E-state index in [1.807, 2.05) is 33.8 Å². The molecule has 1 N–H and O–H groups in total. The maximum absolute atomic E-state index is 11.7. The minimum Gasteiger partial charge on any atom is -0.489 e. The quantitative estimate of drug-likeness (QED) is 0.930. The maximum Gasteiger partial charge on any atom is 0.251 e. The minimum absolute atomic E-state index is 0.0745. The minimum atomic E-state index is -0.158. The fourth-order valence-electron chi connectivity index (χ4n) is 1.79. The molecule has 0 aliphatic heterocycles. The molecular weight excluding hydrogens is 254 g/mol. The lowest BCUT2D eigenvalue weighted by molar-refractivity contribution is 0.241. The van der Waals surface area contributed by atoms with Crippen molar-refractivity contribution in [1.29, 1.82) is 0 Å². The van der Waals surface area contributed by atoms with E-state index < -0.39 is 0 Å². The number of ether oxygens (including phenoxy) is 1. The fourth-order valence-corrected chi connectivity index (χ4v) is 1.79. The van der Waals surface area contributed by atoms with Gasteiger partial charge in [-0.05, 0) is 19.9 Å². The van der Waals surface area contributed by atoms with Crippen molar-refractivity contribution in [3.05, 3.63) is 40.7 Å². The van der Waals surface area contributed by atoms with Crippen LogP contribution < -0.4 is 10.3 Å². The molecule has 20 heavy (non-hydrogen) atoms. The van der Waals surface area contributed by atoms with E-state index in [4.69, 9.17) is 4.74 Å². The number of pyridine rings is 1. The van der Waals surface area contributed by atoms with Crippen LogP contribution in [0.25, 0.3) is 11.3 Å². The zero-order valence-corrected chi connectivity index (χ0v) is 12.2. The standard InChI is InChI=1S/C15H19N3O2/c1-9(2)15-17-13(6-14(19)18-15)11-5-12(8-16-7-11)20-10(3)4/h5-10H,1-4H3,(H,17,18,19). The van der Waals surface area contributed by atoms with Crippen LogP contribution in [0.3, 0.4) is 0 Å². The van der Waals surface area contributed by atoms with Gasteiger partial charge in [-0.15, -0.1) is 0 Å². The van der Waals surface area contributed by atoms with Gasteiger partial charge in [0.25, 0.3) is 5.56 Å². The number of H-pyrrole nitrogens is 1. The van der Waals surface area contributed by atoms with E-state index in [2.05, 4.69) is 15.0 Å². The van der Waals surface area contributed by atoms with Crippen LogP contribution in [-0.4, -0.2) is 21.1 Å². The molecule has 0 spiro atoms. The third-order valence-corrected chi connectivity index (χ3v) is 2.69. The van der Waals surface area contributed by atoms with Crippen LogP contribution in [0.4, 0.5) is 0 Å². The van der Waals surface area contributed by atoms with Crippen LogP contribution in [-0.2, 0) is 0 Å². The highest BCUT2D eigenvalue weighted by Crippen LogP contribution is 2.21. The molecule has 5 nitrogen and oxygen atoms in total. The lowest BCUT2D eigenvalue weighted by Crippen LogP contribution is -2.12. The van der Waals surface area contributed by atoms with Gasteiger partial charge in [0, 0.05) is 23.7 Å². The normalized spacial score (nSPS) is 11.1. The van der Waals surface area contributed by atoms with Gasteiger partial charge in [0.1, 0.15) is 11.6 Å². The predicted octanol–water partition coefficient (Wildman–Crippen LogP) is 2.74. The van der Waals surface area contributed by atoms with E-state index in [-0.39, 0.29) is 17.6 Å². The molecule has 0 saturated heterocycles. The lowest BCUT2D eigenvalue weighted by Gasteiger charge is -2.11. The highest BCUT2D eigenvalue weighted by atomic mass is 16.5. The molecule has 5 heteroatoms. The molecule has 2 heterocycles. The highest BCUT2D eigenvalue weighted by molar-refractivity contribution is 5.59. The summed E-state index contributed by atoms with van der Waals surface area (Å²) in [6, 6.07) is 3.32. The molecule has 2 rings (SSSR count). The number of aromatic nitrogens is 3. The average molecular weight is 273 g/mol. The Hall–Kier alpha value is -2.17. The summed E-state index contributed by atoms with van der Waals surface area (Å²) in [7, 11) is 0. The number of aromatic amines is 1. The third-order valence-electron chi connectivity index (χ3n) is 2.69. The Morgan fingerprint density at radius 3 is 2.55 bits per heavy atom. The Kier molecular flexibility index (Phi) is 4.17. The summed E-state index contributed by atoms with van der Waals surface area (Å²) in [5.74, 6) is 1.50. The Bertz CT molecular complexity index is 648. The summed E-state index contributed by atoms with van der Waals surface area (Å²) in [6.07, 6.45) is 3.41. The zero-order chi connectivity index (χ0) is 14.7. The van der Waals surface area contributed by atoms with Gasteiger partial charge in [0.15, 0.2) is 0 Å². The molecule has 0 radical (unpaired) electrons. The Balaban J connectivity index is 2.43. The van der Waals surface area contributed by atoms with Crippen molar-refractivity contribution in [2.24, 2.45) is 0 Å². The molecule has 0 aliphatic rings. The number of hydrogen-bond acceptors (Lipinski definition) is 4. The molecule has 0 unspecified atom stereocenters. The summed E-state index contributed by atoms with van der Waals surface area (Å²) in [5, 5.41) is 0. The van der Waals surface area contributed by atoms with Crippen LogP contribution in [0.5, 0.6) is 5.75 Å². The van der Waals surface area contributed by atoms with Crippen LogP contribution in [0, 0.1) is 0 Å². The SMILES string of the molecule is CC(C)Oc1cncc(-c2cc(=O)[nH]c(C(C)C)n2)c1. The monoisotopic (exact) mass is 273 g/mol. The third kappa shape index (κ3) is 3.44. The second kappa shape index (κ2) is 5.86. The van der Waals surface area contributed by atoms with Crippen LogP contribution in [0.1, 0.15) is 39.4 Å². The van der Waals surface area contributed by atoms with E-state index in [9.17, 15) is 4.79 Å². The Morgan fingerprint density at radius 2 is 1.90 bits per heavy atom. The fraction of sp³-hybridized carbons (Fsp3) is 0.400. The molecule has 2 aromatic rings. The van der Waals surface area contributed by atoms with Crippen LogP contribution in [0.2, 0.25) is 0 Å². The molecule has 0 saturated carbocycles. The first-order valence-electron chi connectivity index (χ1n) is 6.69. The summed E-state index contributed by atoms with van der Waals surface area (Å²) in [6.45, 7) is 7.88. The van der Waals surface area contributed by atoms with Crippen molar-refractivity contribution in [3.8, 4) is 17.0 Å². The number of rotatable bonds is 4. The average Bonchev–Trinajstić information content (AvgIpc) is 2.37. The van der Waals surface area contributed by atoms with E-state index in [1.54, 1.807) is 12.4 Å². The van der Waals surface area contributed by atoms with Gasteiger partial charge < -0.3 is 9.72 Å². The van der Waals surface area contributed by atoms with Crippen molar-refractivity contribution in [2.75, 3.05) is 0 Å². The van der Waals surface area contributed by atoms with Gasteiger partial charge in [-0.3, -0.25) is 9.78 Å². The summed E-state index contributed by atoms with van der Waals surface area (Å²) >= 11 is 0. The second-order valence-electron chi connectivity index (χ2n) is 5.25. The summed E-state index contributed by atoms with van der Waals surface area (Å²) in [5.41, 5.74) is 1.23. The highest BCUT2D eigenvalue weighted by Gasteiger charge is 2.08. The Labute approximate surface area is 118 Å². The van der Waals surface area contributed by atoms with Crippen molar-refractivity contribution in [1.82, 2.24) is 15.0 Å². The second-order valence-corrected chi connectivity index (χ2v) is 5.25. The smallest absolute Gasteiger partial charge is 0.251 e. The topological polar surface area (TPSA) is 67.9 Å². The van der Waals surface area contributed by atoms with Crippen molar-refractivity contribution < 1.29 is 4.74 Å². The summed E-state index contributed by atoms with van der Waals surface area (Å²) < 4.78 is 5.61. The van der Waals surface area contributed by atoms with Gasteiger partial charge >= 0.3 is 0 Å². The number of nitrogens with zero attached hydrogens (tertiary/aromatic N) is 2. The molecule has 0 fully saturated rings. The molecule has 2 aromatic heterocycles. The van der Waals surface area contributed by atoms with Crippen molar-refractivity contribution in [2.45, 2.75) is 39.7 Å². The van der Waals surface area contributed by atoms with E-state index in [0.29, 0.717) is 17.3 Å². The maximum atomic E-state index is 11.7. The van der Waals surface area contributed by atoms with E-state index >= 15 is 0 Å². The molecule has 0 aliphatic carbocycles. The first-order valence-corrected chi connectivity index (χ1v) is 6.69. The zero-order valence-electron chi connectivity index (χ0n) is 12.2. The first-order chi connectivity index (χ1) is 9.45. The molecule has 0 amide bonds. The first kappa shape index (κ1) is 14.2. The number of nitrogens with one attached hydrogen (secondary N) is 1. The van der Waals surface area contributed by atoms with Crippen LogP contribution >= 0.6 is 0 Å². The molecule has 0 atom stereocenters. The largest absolute Gasteiger partial charge is 0.489 e. The van der Waals surface area contributed by atoms with Gasteiger partial charge in [-0.1, -0.05) is 13.8 Å². The lowest BCUT2D eigenvalue weighted by atomic mass is 10.1. The van der Waals surface area contributed by atoms with Gasteiger partial charge in [-0.2, -0.15) is 0 Å². The van der Waals surface area contributed by atoms with Crippen molar-refractivity contribution in [3.63, 3.8) is 0 Å². The number of hydrogen-bond donors (Lipinski definition) is 1. The van der Waals surface area contributed by atoms with E-state index in [1.165, 1.54) is 6.07 Å². The van der Waals surface area contributed by atoms with Gasteiger partial charge in [0.05, 0.1) is 18.0 Å². The summed E-state index contributed by atoms with van der Waals surface area (Å²) in [4.78, 5) is 23.1. The van der Waals surface area contributed by atoms with E-state index in [0.717, 1.165) is 5.56 Å². The molecule has 0 aromatic carbocycles. The molecule has 0 bridgehead atoms. The van der Waals surface area contributed by atoms with Crippen molar-refractivity contribution >= 4 is 0 Å². The van der Waals surface area contributed by atoms with Gasteiger partial charge in [0.2, 0.25) is 0 Å². The Morgan fingerprint density at radius 1 is 1.15 bits per heavy atom. The van der Waals surface area contributed by atoms with Gasteiger partial charge in [-0.25, -0.2) is 4.98 Å². The predicted molar refractivity (Wildman–Crippen MR) is 77.9 cm³/mol.